The Bertz CT molecular complexity index is 663. The normalized spacial score (nSPS) is 23.9. The molecule has 1 fully saturated rings. The van der Waals surface area contributed by atoms with Gasteiger partial charge in [0.15, 0.2) is 0 Å². The summed E-state index contributed by atoms with van der Waals surface area (Å²) in [5.41, 5.74) is 4.55. The molecule has 0 bridgehead atoms. The van der Waals surface area contributed by atoms with E-state index in [2.05, 4.69) is 31.9 Å². The van der Waals surface area contributed by atoms with Crippen LogP contribution >= 0.6 is 31.9 Å². The van der Waals surface area contributed by atoms with Gasteiger partial charge in [0.25, 0.3) is 0 Å². The van der Waals surface area contributed by atoms with Gasteiger partial charge in [-0.2, -0.15) is 4.31 Å². The van der Waals surface area contributed by atoms with Crippen molar-refractivity contribution < 1.29 is 13.2 Å². The van der Waals surface area contributed by atoms with Gasteiger partial charge in [0.2, 0.25) is 15.9 Å². The minimum Gasteiger partial charge on any atom is -0.369 e. The zero-order chi connectivity index (χ0) is 15.1. The highest BCUT2D eigenvalue weighted by Crippen LogP contribution is 2.35. The number of sulfonamides is 1. The van der Waals surface area contributed by atoms with Crippen molar-refractivity contribution in [3.63, 3.8) is 0 Å². The lowest BCUT2D eigenvalue weighted by Crippen LogP contribution is -2.38. The molecule has 1 aromatic carbocycles. The van der Waals surface area contributed by atoms with Gasteiger partial charge in [0.05, 0.1) is 10.3 Å². The summed E-state index contributed by atoms with van der Waals surface area (Å²) in [6.45, 7) is 2.10. The van der Waals surface area contributed by atoms with Gasteiger partial charge in [-0.1, -0.05) is 15.9 Å². The van der Waals surface area contributed by atoms with Crippen LogP contribution < -0.4 is 5.73 Å². The Hall–Kier alpha value is -0.440. The SMILES string of the molecule is CC1(C(N)=O)CCN(S(=O)(=O)c2cc(Br)ccc2Br)C1. The van der Waals surface area contributed by atoms with E-state index in [1.165, 1.54) is 4.31 Å². The summed E-state index contributed by atoms with van der Waals surface area (Å²) in [5.74, 6) is -0.469. The molecule has 1 atom stereocenters. The largest absolute Gasteiger partial charge is 0.369 e. The molecule has 2 N–H and O–H groups in total. The third-order valence-electron chi connectivity index (χ3n) is 3.54. The van der Waals surface area contributed by atoms with Crippen molar-refractivity contribution in [3.8, 4) is 0 Å². The second-order valence-electron chi connectivity index (χ2n) is 5.09. The lowest BCUT2D eigenvalue weighted by atomic mass is 9.89. The molecule has 2 rings (SSSR count). The monoisotopic (exact) mass is 424 g/mol. The van der Waals surface area contributed by atoms with E-state index in [1.54, 1.807) is 25.1 Å². The third kappa shape index (κ3) is 2.79. The van der Waals surface area contributed by atoms with E-state index in [9.17, 15) is 13.2 Å². The highest BCUT2D eigenvalue weighted by Gasteiger charge is 2.44. The van der Waals surface area contributed by atoms with Gasteiger partial charge < -0.3 is 5.73 Å². The molecular formula is C12H14Br2N2O3S. The van der Waals surface area contributed by atoms with Crippen LogP contribution in [0.15, 0.2) is 32.0 Å². The average molecular weight is 426 g/mol. The van der Waals surface area contributed by atoms with Crippen molar-refractivity contribution in [3.05, 3.63) is 27.1 Å². The zero-order valence-corrected chi connectivity index (χ0v) is 14.8. The average Bonchev–Trinajstić information content (AvgIpc) is 2.77. The van der Waals surface area contributed by atoms with E-state index in [0.29, 0.717) is 21.9 Å². The first-order chi connectivity index (χ1) is 9.17. The van der Waals surface area contributed by atoms with Crippen LogP contribution in [-0.2, 0) is 14.8 Å². The molecule has 1 aromatic rings. The highest BCUT2D eigenvalue weighted by atomic mass is 79.9. The van der Waals surface area contributed by atoms with Gasteiger partial charge in [-0.05, 0) is 47.5 Å². The van der Waals surface area contributed by atoms with Gasteiger partial charge in [0.1, 0.15) is 0 Å². The first-order valence-electron chi connectivity index (χ1n) is 5.92. The summed E-state index contributed by atoms with van der Waals surface area (Å²) < 4.78 is 27.8. The summed E-state index contributed by atoms with van der Waals surface area (Å²) in [6, 6.07) is 4.96. The smallest absolute Gasteiger partial charge is 0.244 e. The first kappa shape index (κ1) is 15.9. The standard InChI is InChI=1S/C12H14Br2N2O3S/c1-12(11(15)17)4-5-16(7-12)20(18,19)10-6-8(13)2-3-9(10)14/h2-3,6H,4-5,7H2,1H3,(H2,15,17). The quantitative estimate of drug-likeness (QED) is 0.804. The molecular weight excluding hydrogens is 412 g/mol. The third-order valence-corrected chi connectivity index (χ3v) is 6.88. The predicted octanol–water partition coefficient (Wildman–Crippen LogP) is 2.10. The second kappa shape index (κ2) is 5.40. The summed E-state index contributed by atoms with van der Waals surface area (Å²) in [6.07, 6.45) is 0.438. The molecule has 8 heteroatoms. The maximum absolute atomic E-state index is 12.6. The Morgan fingerprint density at radius 2 is 2.05 bits per heavy atom. The molecule has 0 aliphatic carbocycles. The van der Waals surface area contributed by atoms with E-state index in [4.69, 9.17) is 5.73 Å². The molecule has 1 unspecified atom stereocenters. The van der Waals surface area contributed by atoms with Crippen molar-refractivity contribution in [1.82, 2.24) is 4.31 Å². The van der Waals surface area contributed by atoms with E-state index in [-0.39, 0.29) is 11.4 Å². The van der Waals surface area contributed by atoms with Crippen LogP contribution in [0.2, 0.25) is 0 Å². The fourth-order valence-corrected chi connectivity index (χ4v) is 5.17. The Morgan fingerprint density at radius 1 is 1.40 bits per heavy atom. The number of nitrogens with zero attached hydrogens (tertiary/aromatic N) is 1. The highest BCUT2D eigenvalue weighted by molar-refractivity contribution is 9.11. The predicted molar refractivity (Wildman–Crippen MR) is 82.5 cm³/mol. The molecule has 0 spiro atoms. The number of primary amides is 1. The number of hydrogen-bond acceptors (Lipinski definition) is 3. The van der Waals surface area contributed by atoms with E-state index >= 15 is 0 Å². The molecule has 1 aliphatic heterocycles. The molecule has 1 heterocycles. The number of benzene rings is 1. The van der Waals surface area contributed by atoms with Gasteiger partial charge in [-0.3, -0.25) is 4.79 Å². The Morgan fingerprint density at radius 3 is 2.60 bits per heavy atom. The molecule has 1 saturated heterocycles. The van der Waals surface area contributed by atoms with E-state index in [1.807, 2.05) is 0 Å². The van der Waals surface area contributed by atoms with Crippen LogP contribution in [0.25, 0.3) is 0 Å². The molecule has 110 valence electrons. The van der Waals surface area contributed by atoms with Crippen LogP contribution in [0.4, 0.5) is 0 Å². The number of amides is 1. The number of hydrogen-bond donors (Lipinski definition) is 1. The number of halogens is 2. The van der Waals surface area contributed by atoms with Crippen LogP contribution in [0.5, 0.6) is 0 Å². The van der Waals surface area contributed by atoms with Gasteiger partial charge >= 0.3 is 0 Å². The van der Waals surface area contributed by atoms with Gasteiger partial charge in [0, 0.05) is 22.0 Å². The lowest BCUT2D eigenvalue weighted by molar-refractivity contribution is -0.126. The maximum atomic E-state index is 12.6. The van der Waals surface area contributed by atoms with Gasteiger partial charge in [-0.25, -0.2) is 8.42 Å². The molecule has 1 amide bonds. The zero-order valence-electron chi connectivity index (χ0n) is 10.8. The minimum atomic E-state index is -3.65. The minimum absolute atomic E-state index is 0.115. The molecule has 0 aromatic heterocycles. The summed E-state index contributed by atoms with van der Waals surface area (Å²) in [5, 5.41) is 0. The number of nitrogens with two attached hydrogens (primary N) is 1. The second-order valence-corrected chi connectivity index (χ2v) is 8.76. The van der Waals surface area contributed by atoms with Crippen molar-refractivity contribution in [2.75, 3.05) is 13.1 Å². The summed E-state index contributed by atoms with van der Waals surface area (Å²) in [7, 11) is -3.65. The van der Waals surface area contributed by atoms with Crippen LogP contribution in [0, 0.1) is 5.41 Å². The van der Waals surface area contributed by atoms with E-state index in [0.717, 1.165) is 0 Å². The topological polar surface area (TPSA) is 80.5 Å². The molecule has 20 heavy (non-hydrogen) atoms. The molecule has 0 radical (unpaired) electrons. The molecule has 1 aliphatic rings. The van der Waals surface area contributed by atoms with Crippen molar-refractivity contribution in [2.45, 2.75) is 18.2 Å². The van der Waals surface area contributed by atoms with Crippen LogP contribution in [0.1, 0.15) is 13.3 Å². The summed E-state index contributed by atoms with van der Waals surface area (Å²) in [4.78, 5) is 11.6. The van der Waals surface area contributed by atoms with Crippen molar-refractivity contribution in [1.29, 1.82) is 0 Å². The van der Waals surface area contributed by atoms with Crippen LogP contribution in [0.3, 0.4) is 0 Å². The lowest BCUT2D eigenvalue weighted by Gasteiger charge is -2.21. The van der Waals surface area contributed by atoms with E-state index < -0.39 is 21.3 Å². The number of carbonyl (C=O) groups excluding carboxylic acids is 1. The summed E-state index contributed by atoms with van der Waals surface area (Å²) >= 11 is 6.52. The van der Waals surface area contributed by atoms with Crippen molar-refractivity contribution >= 4 is 47.8 Å². The number of rotatable bonds is 3. The Balaban J connectivity index is 2.38. The first-order valence-corrected chi connectivity index (χ1v) is 8.94. The van der Waals surface area contributed by atoms with Crippen LogP contribution in [-0.4, -0.2) is 31.7 Å². The maximum Gasteiger partial charge on any atom is 0.244 e. The van der Waals surface area contributed by atoms with Crippen molar-refractivity contribution in [2.24, 2.45) is 11.1 Å². The molecule has 0 saturated carbocycles. The number of carbonyl (C=O) groups is 1. The molecule has 5 nitrogen and oxygen atoms in total. The fraction of sp³-hybridized carbons (Fsp3) is 0.417. The fourth-order valence-electron chi connectivity index (χ4n) is 2.14. The Kier molecular flexibility index (Phi) is 4.30. The Labute approximate surface area is 134 Å². The van der Waals surface area contributed by atoms with Gasteiger partial charge in [-0.15, -0.1) is 0 Å².